The van der Waals surface area contributed by atoms with Crippen LogP contribution in [0.3, 0.4) is 0 Å². The molecule has 2 saturated carbocycles. The van der Waals surface area contributed by atoms with Gasteiger partial charge in [-0.2, -0.15) is 0 Å². The minimum Gasteiger partial charge on any atom is -0.481 e. The average Bonchev–Trinajstić information content (AvgIpc) is 3.26. The van der Waals surface area contributed by atoms with Gasteiger partial charge in [0, 0.05) is 23.2 Å². The van der Waals surface area contributed by atoms with Gasteiger partial charge in [0.1, 0.15) is 5.60 Å². The van der Waals surface area contributed by atoms with E-state index in [0.29, 0.717) is 12.8 Å². The van der Waals surface area contributed by atoms with Crippen molar-refractivity contribution >= 4 is 11.8 Å². The third-order valence-electron chi connectivity index (χ3n) is 8.57. The molecule has 3 fully saturated rings. The highest BCUT2D eigenvalue weighted by Crippen LogP contribution is 2.74. The molecule has 0 amide bonds. The van der Waals surface area contributed by atoms with Gasteiger partial charge in [-0.15, -0.1) is 0 Å². The van der Waals surface area contributed by atoms with E-state index in [0.717, 1.165) is 18.4 Å². The minimum absolute atomic E-state index is 0.00850. The van der Waals surface area contributed by atoms with Crippen LogP contribution in [0.5, 0.6) is 0 Å². The highest BCUT2D eigenvalue weighted by atomic mass is 16.6. The second-order valence-electron chi connectivity index (χ2n) is 9.51. The second kappa shape index (κ2) is 5.00. The van der Waals surface area contributed by atoms with Crippen LogP contribution < -0.4 is 0 Å². The lowest BCUT2D eigenvalue weighted by Crippen LogP contribution is -2.58. The highest BCUT2D eigenvalue weighted by Gasteiger charge is 2.79. The average molecular weight is 370 g/mol. The molecule has 0 aromatic rings. The standard InChI is InChI=1S/C22H26O5/c1-19-8-5-14(23)11-13(19)3-4-16-15-6-9-21(26,10-7-18(24)25)20(15,2)12-17-22(16,19)27-17/h3-5,8,11,15-17,26H,6-7,9-10,12H2,1-2H3,(H,24,25)/t15-,16-,17?,19-,20-,21-,22-/m0/s1. The Morgan fingerprint density at radius 3 is 2.85 bits per heavy atom. The van der Waals surface area contributed by atoms with Gasteiger partial charge < -0.3 is 14.9 Å². The van der Waals surface area contributed by atoms with Gasteiger partial charge in [-0.1, -0.05) is 25.2 Å². The van der Waals surface area contributed by atoms with Crippen molar-refractivity contribution in [1.29, 1.82) is 0 Å². The van der Waals surface area contributed by atoms with Crippen molar-refractivity contribution in [2.24, 2.45) is 22.7 Å². The summed E-state index contributed by atoms with van der Waals surface area (Å²) < 4.78 is 6.42. The van der Waals surface area contributed by atoms with Gasteiger partial charge in [-0.3, -0.25) is 9.59 Å². The summed E-state index contributed by atoms with van der Waals surface area (Å²) in [5.74, 6) is -0.431. The normalized spacial score (nSPS) is 51.7. The summed E-state index contributed by atoms with van der Waals surface area (Å²) in [7, 11) is 0. The number of ether oxygens (including phenoxy) is 1. The molecule has 1 heterocycles. The van der Waals surface area contributed by atoms with Crippen molar-refractivity contribution in [3.63, 3.8) is 0 Å². The predicted octanol–water partition coefficient (Wildman–Crippen LogP) is 2.80. The monoisotopic (exact) mass is 370 g/mol. The summed E-state index contributed by atoms with van der Waals surface area (Å²) >= 11 is 0. The lowest BCUT2D eigenvalue weighted by molar-refractivity contribution is -0.142. The van der Waals surface area contributed by atoms with Gasteiger partial charge in [0.05, 0.1) is 11.7 Å². The fourth-order valence-corrected chi connectivity index (χ4v) is 6.92. The Morgan fingerprint density at radius 2 is 2.11 bits per heavy atom. The quantitative estimate of drug-likeness (QED) is 0.746. The van der Waals surface area contributed by atoms with Crippen LogP contribution in [0.15, 0.2) is 36.0 Å². The molecule has 27 heavy (non-hydrogen) atoms. The molecule has 1 spiro atoms. The van der Waals surface area contributed by atoms with Crippen molar-refractivity contribution in [3.8, 4) is 0 Å². The number of epoxide rings is 1. The molecule has 0 aromatic heterocycles. The molecule has 1 unspecified atom stereocenters. The summed E-state index contributed by atoms with van der Waals surface area (Å²) in [6.45, 7) is 4.28. The Labute approximate surface area is 158 Å². The number of carboxylic acid groups (broad SMARTS) is 1. The van der Waals surface area contributed by atoms with Crippen molar-refractivity contribution in [2.75, 3.05) is 0 Å². The molecule has 0 aromatic carbocycles. The van der Waals surface area contributed by atoms with E-state index in [4.69, 9.17) is 9.84 Å². The molecule has 0 bridgehead atoms. The minimum atomic E-state index is -0.961. The number of allylic oxidation sites excluding steroid dienone is 3. The number of aliphatic hydroxyl groups is 1. The van der Waals surface area contributed by atoms with Crippen molar-refractivity contribution in [2.45, 2.75) is 63.3 Å². The first-order valence-corrected chi connectivity index (χ1v) is 9.92. The van der Waals surface area contributed by atoms with Gasteiger partial charge in [-0.25, -0.2) is 0 Å². The van der Waals surface area contributed by atoms with Gasteiger partial charge in [-0.05, 0) is 56.3 Å². The molecule has 5 nitrogen and oxygen atoms in total. The van der Waals surface area contributed by atoms with Crippen LogP contribution in [-0.2, 0) is 14.3 Å². The highest BCUT2D eigenvalue weighted by molar-refractivity contribution is 6.01. The zero-order valence-electron chi connectivity index (χ0n) is 15.8. The van der Waals surface area contributed by atoms with Gasteiger partial charge >= 0.3 is 5.97 Å². The number of carboxylic acids is 1. The Kier molecular flexibility index (Phi) is 3.22. The van der Waals surface area contributed by atoms with Crippen LogP contribution in [-0.4, -0.2) is 39.3 Å². The van der Waals surface area contributed by atoms with Crippen LogP contribution in [0.25, 0.3) is 0 Å². The van der Waals surface area contributed by atoms with Crippen LogP contribution >= 0.6 is 0 Å². The molecule has 5 rings (SSSR count). The van der Waals surface area contributed by atoms with E-state index in [-0.39, 0.29) is 46.6 Å². The maximum Gasteiger partial charge on any atom is 0.303 e. The van der Waals surface area contributed by atoms with E-state index >= 15 is 0 Å². The smallest absolute Gasteiger partial charge is 0.303 e. The molecular formula is C22H26O5. The van der Waals surface area contributed by atoms with E-state index in [2.05, 4.69) is 26.0 Å². The molecule has 5 aliphatic rings. The SMILES string of the molecule is C[C@]12C=CC(=O)C=C1C=C[C@H]1[C@@H]3CC[C@](O)(CCC(=O)O)[C@@]3(C)CC3O[C@]312. The zero-order valence-corrected chi connectivity index (χ0v) is 15.8. The lowest BCUT2D eigenvalue weighted by Gasteiger charge is -2.54. The van der Waals surface area contributed by atoms with E-state index in [1.165, 1.54) is 0 Å². The number of hydrogen-bond acceptors (Lipinski definition) is 4. The van der Waals surface area contributed by atoms with E-state index < -0.39 is 11.6 Å². The molecular weight excluding hydrogens is 344 g/mol. The first kappa shape index (κ1) is 17.4. The Balaban J connectivity index is 1.55. The third kappa shape index (κ3) is 1.92. The number of ketones is 1. The van der Waals surface area contributed by atoms with Crippen molar-refractivity contribution in [1.82, 2.24) is 0 Å². The van der Waals surface area contributed by atoms with Gasteiger partial charge in [0.25, 0.3) is 0 Å². The molecule has 1 aliphatic heterocycles. The van der Waals surface area contributed by atoms with Crippen LogP contribution in [0, 0.1) is 22.7 Å². The Hall–Kier alpha value is -1.72. The summed E-state index contributed by atoms with van der Waals surface area (Å²) in [6.07, 6.45) is 12.2. The molecule has 2 N–H and O–H groups in total. The number of carbonyl (C=O) groups excluding carboxylic acids is 1. The largest absolute Gasteiger partial charge is 0.481 e. The number of hydrogen-bond donors (Lipinski definition) is 2. The Morgan fingerprint density at radius 1 is 1.33 bits per heavy atom. The zero-order chi connectivity index (χ0) is 19.2. The second-order valence-corrected chi connectivity index (χ2v) is 9.51. The van der Waals surface area contributed by atoms with Gasteiger partial charge in [0.2, 0.25) is 0 Å². The molecule has 144 valence electrons. The first-order valence-electron chi connectivity index (χ1n) is 9.92. The van der Waals surface area contributed by atoms with Crippen molar-refractivity contribution < 1.29 is 24.5 Å². The first-order chi connectivity index (χ1) is 12.7. The third-order valence-corrected chi connectivity index (χ3v) is 8.57. The van der Waals surface area contributed by atoms with Gasteiger partial charge in [0.15, 0.2) is 5.78 Å². The van der Waals surface area contributed by atoms with Crippen LogP contribution in [0.4, 0.5) is 0 Å². The number of aliphatic carboxylic acids is 1. The molecule has 4 aliphatic carbocycles. The Bertz CT molecular complexity index is 840. The van der Waals surface area contributed by atoms with Crippen molar-refractivity contribution in [3.05, 3.63) is 36.0 Å². The molecule has 7 atom stereocenters. The summed E-state index contributed by atoms with van der Waals surface area (Å²) in [5, 5.41) is 20.5. The molecule has 5 heteroatoms. The summed E-state index contributed by atoms with van der Waals surface area (Å²) in [4.78, 5) is 23.0. The lowest BCUT2D eigenvalue weighted by atomic mass is 9.48. The number of rotatable bonds is 3. The molecule has 0 radical (unpaired) electrons. The summed E-state index contributed by atoms with van der Waals surface area (Å²) in [6, 6.07) is 0. The maximum absolute atomic E-state index is 11.9. The maximum atomic E-state index is 11.9. The van der Waals surface area contributed by atoms with E-state index in [9.17, 15) is 14.7 Å². The van der Waals surface area contributed by atoms with Crippen LogP contribution in [0.1, 0.15) is 46.0 Å². The fourth-order valence-electron chi connectivity index (χ4n) is 6.92. The summed E-state index contributed by atoms with van der Waals surface area (Å²) in [5.41, 5.74) is -0.969. The predicted molar refractivity (Wildman–Crippen MR) is 97.8 cm³/mol. The van der Waals surface area contributed by atoms with E-state index in [1.54, 1.807) is 12.2 Å². The number of fused-ring (bicyclic) bond motifs is 3. The molecule has 1 saturated heterocycles. The van der Waals surface area contributed by atoms with Crippen LogP contribution in [0.2, 0.25) is 0 Å². The van der Waals surface area contributed by atoms with E-state index in [1.807, 2.05) is 6.08 Å². The topological polar surface area (TPSA) is 87.1 Å². The fraction of sp³-hybridized carbons (Fsp3) is 0.636. The number of carbonyl (C=O) groups is 2.